The van der Waals surface area contributed by atoms with Gasteiger partial charge in [-0.3, -0.25) is 4.79 Å². The molecule has 4 nitrogen and oxygen atoms in total. The second-order valence-corrected chi connectivity index (χ2v) is 4.57. The summed E-state index contributed by atoms with van der Waals surface area (Å²) in [6, 6.07) is 14.5. The average molecular weight is 273 g/mol. The van der Waals surface area contributed by atoms with Crippen LogP contribution in [0.25, 0.3) is 11.0 Å². The molecule has 3 rings (SSSR count). The van der Waals surface area contributed by atoms with Crippen LogP contribution in [0.15, 0.2) is 48.5 Å². The van der Waals surface area contributed by atoms with E-state index in [2.05, 4.69) is 15.3 Å². The monoisotopic (exact) mass is 272 g/mol. The molecule has 3 N–H and O–H groups in total. The molecule has 1 aromatic heterocycles. The summed E-state index contributed by atoms with van der Waals surface area (Å²) in [6.45, 7) is 0. The summed E-state index contributed by atoms with van der Waals surface area (Å²) in [5.41, 5.74) is 2.38. The highest BCUT2D eigenvalue weighted by Crippen LogP contribution is 2.13. The normalized spacial score (nSPS) is 10.6. The second-order valence-electron chi connectivity index (χ2n) is 4.14. The number of carbonyl (C=O) groups excluding carboxylic acids is 1. The number of fused-ring (bicyclic) bond motifs is 1. The predicted molar refractivity (Wildman–Crippen MR) is 74.3 cm³/mol. The largest absolute Gasteiger partial charge is 0.361 e. The lowest BCUT2D eigenvalue weighted by atomic mass is 10.2. The Hall–Kier alpha value is -2.33. The molecule has 0 saturated carbocycles. The SMILES string of the molecule is O=C(Nc1[nH]c2ccccc2[nH+]1)c1cccc(Cl)c1. The Labute approximate surface area is 114 Å². The number of H-pyrrole nitrogens is 2. The maximum absolute atomic E-state index is 12.0. The molecule has 5 heteroatoms. The molecule has 0 aliphatic rings. The van der Waals surface area contributed by atoms with Gasteiger partial charge < -0.3 is 0 Å². The molecule has 19 heavy (non-hydrogen) atoms. The number of imidazole rings is 1. The van der Waals surface area contributed by atoms with Crippen LogP contribution in [0.5, 0.6) is 0 Å². The van der Waals surface area contributed by atoms with Crippen molar-refractivity contribution in [3.8, 4) is 0 Å². The zero-order valence-corrected chi connectivity index (χ0v) is 10.7. The Balaban J connectivity index is 1.86. The first kappa shape index (κ1) is 11.7. The van der Waals surface area contributed by atoms with Gasteiger partial charge in [-0.2, -0.15) is 0 Å². The number of aromatic nitrogens is 2. The lowest BCUT2D eigenvalue weighted by Gasteiger charge is -1.97. The number of anilines is 1. The van der Waals surface area contributed by atoms with E-state index in [4.69, 9.17) is 11.6 Å². The van der Waals surface area contributed by atoms with Gasteiger partial charge in [-0.15, -0.1) is 0 Å². The summed E-state index contributed by atoms with van der Waals surface area (Å²) in [4.78, 5) is 18.2. The standard InChI is InChI=1S/C14H10ClN3O/c15-10-5-3-4-9(8-10)13(19)18-14-16-11-6-1-2-7-12(11)17-14/h1-8H,(H2,16,17,18,19)/p+1. The first-order chi connectivity index (χ1) is 9.22. The molecule has 0 atom stereocenters. The summed E-state index contributed by atoms with van der Waals surface area (Å²) in [5, 5.41) is 3.30. The van der Waals surface area contributed by atoms with Gasteiger partial charge in [0.1, 0.15) is 11.0 Å². The van der Waals surface area contributed by atoms with E-state index in [0.717, 1.165) is 11.0 Å². The molecule has 0 saturated heterocycles. The number of hydrogen-bond acceptors (Lipinski definition) is 1. The summed E-state index contributed by atoms with van der Waals surface area (Å²) >= 11 is 5.86. The fourth-order valence-corrected chi connectivity index (χ4v) is 2.07. The zero-order valence-electron chi connectivity index (χ0n) is 9.91. The van der Waals surface area contributed by atoms with Gasteiger partial charge in [-0.05, 0) is 30.3 Å². The maximum Gasteiger partial charge on any atom is 0.361 e. The van der Waals surface area contributed by atoms with Gasteiger partial charge in [0, 0.05) is 5.02 Å². The smallest absolute Gasteiger partial charge is 0.250 e. The van der Waals surface area contributed by atoms with E-state index >= 15 is 0 Å². The Morgan fingerprint density at radius 1 is 1.16 bits per heavy atom. The molecule has 0 aliphatic heterocycles. The van der Waals surface area contributed by atoms with Crippen LogP contribution in [-0.2, 0) is 0 Å². The quantitative estimate of drug-likeness (QED) is 0.740. The number of aromatic amines is 2. The van der Waals surface area contributed by atoms with Crippen molar-refractivity contribution >= 4 is 34.5 Å². The van der Waals surface area contributed by atoms with E-state index in [1.807, 2.05) is 24.3 Å². The van der Waals surface area contributed by atoms with E-state index in [0.29, 0.717) is 16.5 Å². The molecule has 3 aromatic rings. The Morgan fingerprint density at radius 2 is 2.00 bits per heavy atom. The number of hydrogen-bond donors (Lipinski definition) is 2. The molecule has 0 fully saturated rings. The van der Waals surface area contributed by atoms with Gasteiger partial charge in [0.2, 0.25) is 0 Å². The minimum absolute atomic E-state index is 0.217. The molecule has 0 spiro atoms. The zero-order chi connectivity index (χ0) is 13.2. The van der Waals surface area contributed by atoms with Crippen LogP contribution in [0.2, 0.25) is 5.02 Å². The van der Waals surface area contributed by atoms with Gasteiger partial charge in [-0.1, -0.05) is 29.8 Å². The molecular formula is C14H11ClN3O+. The van der Waals surface area contributed by atoms with Crippen molar-refractivity contribution < 1.29 is 9.78 Å². The Bertz CT molecular complexity index is 718. The number of amides is 1. The highest BCUT2D eigenvalue weighted by Gasteiger charge is 2.14. The number of benzene rings is 2. The molecule has 2 aromatic carbocycles. The second kappa shape index (κ2) is 4.74. The van der Waals surface area contributed by atoms with Crippen LogP contribution in [0.4, 0.5) is 5.95 Å². The van der Waals surface area contributed by atoms with Crippen LogP contribution >= 0.6 is 11.6 Å². The fourth-order valence-electron chi connectivity index (χ4n) is 1.88. The van der Waals surface area contributed by atoms with Gasteiger partial charge in [0.05, 0.1) is 5.56 Å². The van der Waals surface area contributed by atoms with E-state index in [1.165, 1.54) is 0 Å². The maximum atomic E-state index is 12.0. The summed E-state index contributed by atoms with van der Waals surface area (Å²) in [7, 11) is 0. The predicted octanol–water partition coefficient (Wildman–Crippen LogP) is 2.89. The highest BCUT2D eigenvalue weighted by molar-refractivity contribution is 6.31. The van der Waals surface area contributed by atoms with Gasteiger partial charge >= 0.3 is 11.9 Å². The van der Waals surface area contributed by atoms with Crippen molar-refractivity contribution in [2.45, 2.75) is 0 Å². The summed E-state index contributed by atoms with van der Waals surface area (Å²) < 4.78 is 0. The van der Waals surface area contributed by atoms with E-state index in [1.54, 1.807) is 24.3 Å². The molecule has 1 heterocycles. The third-order valence-electron chi connectivity index (χ3n) is 2.77. The van der Waals surface area contributed by atoms with Gasteiger partial charge in [0.25, 0.3) is 0 Å². The number of rotatable bonds is 2. The lowest BCUT2D eigenvalue weighted by molar-refractivity contribution is -0.326. The molecular weight excluding hydrogens is 262 g/mol. The van der Waals surface area contributed by atoms with Crippen LogP contribution in [0.1, 0.15) is 10.4 Å². The van der Waals surface area contributed by atoms with E-state index in [9.17, 15) is 4.79 Å². The van der Waals surface area contributed by atoms with Crippen molar-refractivity contribution in [2.75, 3.05) is 5.32 Å². The van der Waals surface area contributed by atoms with Crippen LogP contribution in [0.3, 0.4) is 0 Å². The van der Waals surface area contributed by atoms with Crippen molar-refractivity contribution in [3.05, 3.63) is 59.1 Å². The topological polar surface area (TPSA) is 59.0 Å². The molecule has 94 valence electrons. The number of para-hydroxylation sites is 2. The molecule has 0 radical (unpaired) electrons. The molecule has 1 amide bonds. The van der Waals surface area contributed by atoms with Gasteiger partial charge in [-0.25, -0.2) is 15.3 Å². The summed E-state index contributed by atoms with van der Waals surface area (Å²) in [5.74, 6) is 0.330. The first-order valence-corrected chi connectivity index (χ1v) is 6.17. The minimum Gasteiger partial charge on any atom is -0.250 e. The Kier molecular flexibility index (Phi) is 2.93. The minimum atomic E-state index is -0.217. The van der Waals surface area contributed by atoms with E-state index < -0.39 is 0 Å². The van der Waals surface area contributed by atoms with Crippen molar-refractivity contribution in [2.24, 2.45) is 0 Å². The van der Waals surface area contributed by atoms with Crippen LogP contribution < -0.4 is 10.3 Å². The average Bonchev–Trinajstić information content (AvgIpc) is 2.80. The van der Waals surface area contributed by atoms with Crippen molar-refractivity contribution in [3.63, 3.8) is 0 Å². The molecule has 0 unspecified atom stereocenters. The van der Waals surface area contributed by atoms with Crippen LogP contribution in [-0.4, -0.2) is 10.9 Å². The third kappa shape index (κ3) is 2.44. The molecule has 0 aliphatic carbocycles. The Morgan fingerprint density at radius 3 is 2.79 bits per heavy atom. The van der Waals surface area contributed by atoms with Crippen molar-refractivity contribution in [1.82, 2.24) is 4.98 Å². The van der Waals surface area contributed by atoms with Crippen LogP contribution in [0, 0.1) is 0 Å². The van der Waals surface area contributed by atoms with E-state index in [-0.39, 0.29) is 5.91 Å². The molecule has 0 bridgehead atoms. The first-order valence-electron chi connectivity index (χ1n) is 5.79. The number of halogens is 1. The fraction of sp³-hybridized carbons (Fsp3) is 0. The highest BCUT2D eigenvalue weighted by atomic mass is 35.5. The van der Waals surface area contributed by atoms with Crippen molar-refractivity contribution in [1.29, 1.82) is 0 Å². The number of nitrogens with one attached hydrogen (secondary N) is 3. The number of carbonyl (C=O) groups is 1. The van der Waals surface area contributed by atoms with Gasteiger partial charge in [0.15, 0.2) is 0 Å². The summed E-state index contributed by atoms with van der Waals surface area (Å²) in [6.07, 6.45) is 0. The third-order valence-corrected chi connectivity index (χ3v) is 3.01. The lowest BCUT2D eigenvalue weighted by Crippen LogP contribution is -2.18.